The van der Waals surface area contributed by atoms with Gasteiger partial charge in [-0.3, -0.25) is 10.1 Å². The van der Waals surface area contributed by atoms with Crippen LogP contribution in [-0.2, 0) is 0 Å². The summed E-state index contributed by atoms with van der Waals surface area (Å²) in [5.74, 6) is -1.98. The van der Waals surface area contributed by atoms with Crippen molar-refractivity contribution < 1.29 is 13.7 Å². The molecule has 0 aliphatic carbocycles. The molecule has 0 aliphatic heterocycles. The molecule has 1 aromatic carbocycles. The van der Waals surface area contributed by atoms with Gasteiger partial charge in [0, 0.05) is 5.56 Å². The quantitative estimate of drug-likeness (QED) is 0.650. The molecular formula is C10H6F2N4O2. The highest BCUT2D eigenvalue weighted by Gasteiger charge is 2.24. The average Bonchev–Trinajstić information content (AvgIpc) is 2.31. The maximum absolute atomic E-state index is 13.5. The van der Waals surface area contributed by atoms with Gasteiger partial charge in [0.15, 0.2) is 5.69 Å². The van der Waals surface area contributed by atoms with E-state index in [1.54, 1.807) is 0 Å². The fourth-order valence-corrected chi connectivity index (χ4v) is 1.45. The van der Waals surface area contributed by atoms with Crippen LogP contribution < -0.4 is 5.73 Å². The third-order valence-corrected chi connectivity index (χ3v) is 2.22. The van der Waals surface area contributed by atoms with Gasteiger partial charge in [0.25, 0.3) is 0 Å². The lowest BCUT2D eigenvalue weighted by Gasteiger charge is -2.04. The van der Waals surface area contributed by atoms with E-state index in [0.717, 1.165) is 24.5 Å². The van der Waals surface area contributed by atoms with Crippen LogP contribution in [0.5, 0.6) is 0 Å². The Morgan fingerprint density at radius 1 is 1.28 bits per heavy atom. The van der Waals surface area contributed by atoms with E-state index in [2.05, 4.69) is 9.97 Å². The number of anilines is 1. The Hall–Kier alpha value is -2.64. The maximum atomic E-state index is 13.5. The molecule has 2 rings (SSSR count). The fourth-order valence-electron chi connectivity index (χ4n) is 1.45. The van der Waals surface area contributed by atoms with Crippen molar-refractivity contribution >= 4 is 11.5 Å². The van der Waals surface area contributed by atoms with Gasteiger partial charge in [-0.1, -0.05) is 0 Å². The molecule has 8 heteroatoms. The first kappa shape index (κ1) is 11.8. The largest absolute Gasteiger partial charge is 0.378 e. The summed E-state index contributed by atoms with van der Waals surface area (Å²) < 4.78 is 26.6. The molecule has 0 saturated heterocycles. The highest BCUT2D eigenvalue weighted by Crippen LogP contribution is 2.32. The standard InChI is InChI=1S/C10H6F2N4O2/c11-5-1-2-7(12)6(3-5)8-9(16(17)18)10(13)15-4-14-8/h1-4H,(H2,13,14,15). The van der Waals surface area contributed by atoms with Gasteiger partial charge >= 0.3 is 5.69 Å². The number of hydrogen-bond acceptors (Lipinski definition) is 5. The normalized spacial score (nSPS) is 10.3. The lowest BCUT2D eigenvalue weighted by Crippen LogP contribution is -2.03. The third-order valence-electron chi connectivity index (χ3n) is 2.22. The minimum Gasteiger partial charge on any atom is -0.378 e. The minimum atomic E-state index is -0.838. The van der Waals surface area contributed by atoms with Crippen molar-refractivity contribution in [3.8, 4) is 11.3 Å². The van der Waals surface area contributed by atoms with Crippen molar-refractivity contribution in [3.63, 3.8) is 0 Å². The number of nitrogens with two attached hydrogens (primary N) is 1. The monoisotopic (exact) mass is 252 g/mol. The van der Waals surface area contributed by atoms with Crippen molar-refractivity contribution in [1.29, 1.82) is 0 Å². The molecule has 0 radical (unpaired) electrons. The van der Waals surface area contributed by atoms with Crippen LogP contribution in [0.1, 0.15) is 0 Å². The van der Waals surface area contributed by atoms with Gasteiger partial charge in [-0.15, -0.1) is 0 Å². The molecule has 0 amide bonds. The van der Waals surface area contributed by atoms with E-state index in [0.29, 0.717) is 0 Å². The number of halogens is 2. The number of hydrogen-bond donors (Lipinski definition) is 1. The molecule has 1 aromatic heterocycles. The van der Waals surface area contributed by atoms with E-state index < -0.39 is 28.1 Å². The summed E-state index contributed by atoms with van der Waals surface area (Å²) in [4.78, 5) is 17.0. The van der Waals surface area contributed by atoms with E-state index in [-0.39, 0.29) is 11.3 Å². The third kappa shape index (κ3) is 1.95. The summed E-state index contributed by atoms with van der Waals surface area (Å²) in [5.41, 5.74) is 3.99. The van der Waals surface area contributed by atoms with E-state index >= 15 is 0 Å². The van der Waals surface area contributed by atoms with Crippen molar-refractivity contribution in [2.24, 2.45) is 0 Å². The highest BCUT2D eigenvalue weighted by molar-refractivity contribution is 5.75. The van der Waals surface area contributed by atoms with Gasteiger partial charge < -0.3 is 5.73 Å². The van der Waals surface area contributed by atoms with Crippen LogP contribution in [0.3, 0.4) is 0 Å². The van der Waals surface area contributed by atoms with Crippen LogP contribution >= 0.6 is 0 Å². The van der Waals surface area contributed by atoms with Crippen LogP contribution in [0.25, 0.3) is 11.3 Å². The second-order valence-corrected chi connectivity index (χ2v) is 3.34. The van der Waals surface area contributed by atoms with Crippen molar-refractivity contribution in [1.82, 2.24) is 9.97 Å². The molecule has 2 N–H and O–H groups in total. The minimum absolute atomic E-state index is 0.337. The topological polar surface area (TPSA) is 94.9 Å². The first-order valence-corrected chi connectivity index (χ1v) is 4.71. The van der Waals surface area contributed by atoms with Gasteiger partial charge in [-0.05, 0) is 18.2 Å². The molecule has 0 bridgehead atoms. The predicted octanol–water partition coefficient (Wildman–Crippen LogP) is 1.91. The van der Waals surface area contributed by atoms with Crippen LogP contribution in [0.4, 0.5) is 20.3 Å². The van der Waals surface area contributed by atoms with Gasteiger partial charge in [-0.25, -0.2) is 18.7 Å². The number of nitrogen functional groups attached to an aromatic ring is 1. The summed E-state index contributed by atoms with van der Waals surface area (Å²) >= 11 is 0. The van der Waals surface area contributed by atoms with E-state index in [1.165, 1.54) is 0 Å². The molecule has 6 nitrogen and oxygen atoms in total. The molecule has 0 spiro atoms. The van der Waals surface area contributed by atoms with Gasteiger partial charge in [-0.2, -0.15) is 0 Å². The first-order valence-electron chi connectivity index (χ1n) is 4.71. The van der Waals surface area contributed by atoms with E-state index in [4.69, 9.17) is 5.73 Å². The zero-order valence-corrected chi connectivity index (χ0v) is 8.80. The Balaban J connectivity index is 2.75. The highest BCUT2D eigenvalue weighted by atomic mass is 19.1. The molecule has 92 valence electrons. The average molecular weight is 252 g/mol. The number of nitro groups is 1. The summed E-state index contributed by atoms with van der Waals surface area (Å²) in [6.45, 7) is 0. The summed E-state index contributed by atoms with van der Waals surface area (Å²) in [6, 6.07) is 2.56. The summed E-state index contributed by atoms with van der Waals surface area (Å²) in [6.07, 6.45) is 0.946. The number of aromatic nitrogens is 2. The zero-order valence-electron chi connectivity index (χ0n) is 8.80. The number of rotatable bonds is 2. The molecule has 0 saturated carbocycles. The second-order valence-electron chi connectivity index (χ2n) is 3.34. The molecule has 0 aliphatic rings. The lowest BCUT2D eigenvalue weighted by atomic mass is 10.1. The predicted molar refractivity (Wildman–Crippen MR) is 58.5 cm³/mol. The second kappa shape index (κ2) is 4.32. The molecule has 0 fully saturated rings. The fraction of sp³-hybridized carbons (Fsp3) is 0. The summed E-state index contributed by atoms with van der Waals surface area (Å²) in [7, 11) is 0. The van der Waals surface area contributed by atoms with Crippen molar-refractivity contribution in [2.45, 2.75) is 0 Å². The number of nitrogens with zero attached hydrogens (tertiary/aromatic N) is 3. The zero-order chi connectivity index (χ0) is 13.3. The Labute approximate surface area is 99.3 Å². The van der Waals surface area contributed by atoms with Crippen molar-refractivity contribution in [2.75, 3.05) is 5.73 Å². The van der Waals surface area contributed by atoms with Crippen LogP contribution in [0.2, 0.25) is 0 Å². The Morgan fingerprint density at radius 3 is 2.67 bits per heavy atom. The number of benzene rings is 1. The van der Waals surface area contributed by atoms with Crippen molar-refractivity contribution in [3.05, 3.63) is 46.3 Å². The Morgan fingerprint density at radius 2 is 2.00 bits per heavy atom. The van der Waals surface area contributed by atoms with E-state index in [9.17, 15) is 18.9 Å². The molecule has 18 heavy (non-hydrogen) atoms. The summed E-state index contributed by atoms with van der Waals surface area (Å²) in [5, 5.41) is 10.8. The SMILES string of the molecule is Nc1ncnc(-c2cc(F)ccc2F)c1[N+](=O)[O-]. The van der Waals surface area contributed by atoms with Gasteiger partial charge in [0.05, 0.1) is 4.92 Å². The van der Waals surface area contributed by atoms with E-state index in [1.807, 2.05) is 0 Å². The first-order chi connectivity index (χ1) is 8.50. The Bertz CT molecular complexity index is 633. The molecule has 2 aromatic rings. The maximum Gasteiger partial charge on any atom is 0.337 e. The molecule has 0 unspecified atom stereocenters. The van der Waals surface area contributed by atoms with Gasteiger partial charge in [0.2, 0.25) is 5.82 Å². The van der Waals surface area contributed by atoms with Crippen LogP contribution in [0.15, 0.2) is 24.5 Å². The smallest absolute Gasteiger partial charge is 0.337 e. The molecule has 1 heterocycles. The Kier molecular flexibility index (Phi) is 2.84. The van der Waals surface area contributed by atoms with Crippen LogP contribution in [0, 0.1) is 21.7 Å². The molecule has 0 atom stereocenters. The van der Waals surface area contributed by atoms with Crippen LogP contribution in [-0.4, -0.2) is 14.9 Å². The lowest BCUT2D eigenvalue weighted by molar-refractivity contribution is -0.383. The van der Waals surface area contributed by atoms with Gasteiger partial charge in [0.1, 0.15) is 18.0 Å². The molecular weight excluding hydrogens is 246 g/mol.